The maximum Gasteiger partial charge on any atom is 0.130 e. The minimum Gasteiger partial charge on any atom is -0.376 e. The molecule has 0 bridgehead atoms. The highest BCUT2D eigenvalue weighted by Crippen LogP contribution is 2.35. The van der Waals surface area contributed by atoms with Crippen molar-refractivity contribution in [2.45, 2.75) is 13.5 Å². The van der Waals surface area contributed by atoms with Crippen LogP contribution in [0.15, 0.2) is 6.07 Å². The molecule has 5 nitrogen and oxygen atoms in total. The van der Waals surface area contributed by atoms with E-state index in [1.165, 1.54) is 0 Å². The molecule has 0 saturated heterocycles. The average Bonchev–Trinajstić information content (AvgIpc) is 2.99. The van der Waals surface area contributed by atoms with Crippen LogP contribution in [-0.2, 0) is 13.6 Å². The van der Waals surface area contributed by atoms with Gasteiger partial charge in [0.2, 0.25) is 0 Å². The molecule has 0 unspecified atom stereocenters. The molecule has 0 aliphatic rings. The molecule has 21 heavy (non-hydrogen) atoms. The number of hydrogen-bond donors (Lipinski definition) is 1. The van der Waals surface area contributed by atoms with Gasteiger partial charge in [-0.3, -0.25) is 4.68 Å². The van der Waals surface area contributed by atoms with Gasteiger partial charge in [0.15, 0.2) is 0 Å². The van der Waals surface area contributed by atoms with Gasteiger partial charge < -0.3 is 5.32 Å². The summed E-state index contributed by atoms with van der Waals surface area (Å²) in [4.78, 5) is 0. The molecule has 9 heteroatoms. The minimum absolute atomic E-state index is 0.476. The molecule has 3 aromatic rings. The Labute approximate surface area is 140 Å². The smallest absolute Gasteiger partial charge is 0.130 e. The van der Waals surface area contributed by atoms with Crippen molar-refractivity contribution in [3.8, 4) is 0 Å². The number of fused-ring (bicyclic) bond motifs is 1. The maximum atomic E-state index is 6.25. The van der Waals surface area contributed by atoms with Crippen molar-refractivity contribution >= 4 is 63.3 Å². The Morgan fingerprint density at radius 3 is 2.57 bits per heavy atom. The molecule has 0 saturated carbocycles. The van der Waals surface area contributed by atoms with E-state index in [-0.39, 0.29) is 0 Å². The summed E-state index contributed by atoms with van der Waals surface area (Å²) in [5.74, 6) is 0. The first-order valence-electron chi connectivity index (χ1n) is 6.01. The number of anilines is 1. The zero-order valence-corrected chi connectivity index (χ0v) is 14.2. The largest absolute Gasteiger partial charge is 0.376 e. The number of benzene rings is 1. The predicted molar refractivity (Wildman–Crippen MR) is 87.7 cm³/mol. The Kier molecular flexibility index (Phi) is 3.96. The average molecular weight is 363 g/mol. The molecule has 0 fully saturated rings. The first-order valence-corrected chi connectivity index (χ1v) is 7.87. The molecule has 3 rings (SSSR count). The molecule has 1 aromatic carbocycles. The Morgan fingerprint density at radius 1 is 1.19 bits per heavy atom. The minimum atomic E-state index is 0.476. The Hall–Kier alpha value is -1.08. The normalized spacial score (nSPS) is 11.3. The third kappa shape index (κ3) is 2.57. The van der Waals surface area contributed by atoms with E-state index in [4.69, 9.17) is 34.8 Å². The zero-order chi connectivity index (χ0) is 15.1. The maximum absolute atomic E-state index is 6.25. The molecule has 0 atom stereocenters. The van der Waals surface area contributed by atoms with Crippen LogP contribution in [0, 0.1) is 6.92 Å². The van der Waals surface area contributed by atoms with Crippen molar-refractivity contribution in [3.05, 3.63) is 32.5 Å². The van der Waals surface area contributed by atoms with Crippen LogP contribution in [0.4, 0.5) is 5.69 Å². The van der Waals surface area contributed by atoms with Crippen molar-refractivity contribution in [2.24, 2.45) is 7.05 Å². The number of nitrogens with one attached hydrogen (secondary N) is 1. The number of aromatic nitrogens is 4. The summed E-state index contributed by atoms with van der Waals surface area (Å²) >= 11 is 19.7. The Balaban J connectivity index is 1.97. The van der Waals surface area contributed by atoms with Gasteiger partial charge in [-0.25, -0.2) is 0 Å². The van der Waals surface area contributed by atoms with Gasteiger partial charge in [-0.2, -0.15) is 13.8 Å². The van der Waals surface area contributed by atoms with Crippen molar-refractivity contribution in [1.29, 1.82) is 0 Å². The highest BCUT2D eigenvalue weighted by molar-refractivity contribution is 7.00. The summed E-state index contributed by atoms with van der Waals surface area (Å²) < 4.78 is 10.2. The zero-order valence-electron chi connectivity index (χ0n) is 11.1. The van der Waals surface area contributed by atoms with E-state index in [9.17, 15) is 0 Å². The number of nitrogens with zero attached hydrogens (tertiary/aromatic N) is 4. The SMILES string of the molecule is Cc1nn(C)c(CNc2c(Cl)cc(Cl)c3nsnc23)c1Cl. The monoisotopic (exact) mass is 361 g/mol. The molecule has 2 heterocycles. The molecular weight excluding hydrogens is 353 g/mol. The van der Waals surface area contributed by atoms with Gasteiger partial charge in [0, 0.05) is 7.05 Å². The molecule has 0 amide bonds. The molecule has 0 radical (unpaired) electrons. The van der Waals surface area contributed by atoms with Crippen LogP contribution in [0.5, 0.6) is 0 Å². The van der Waals surface area contributed by atoms with Gasteiger partial charge in [0.05, 0.1) is 50.4 Å². The van der Waals surface area contributed by atoms with Crippen LogP contribution in [0.2, 0.25) is 15.1 Å². The number of hydrogen-bond acceptors (Lipinski definition) is 5. The fourth-order valence-electron chi connectivity index (χ4n) is 2.09. The summed E-state index contributed by atoms with van der Waals surface area (Å²) in [5, 5.41) is 9.15. The molecular formula is C12H10Cl3N5S. The van der Waals surface area contributed by atoms with Crippen LogP contribution in [0.3, 0.4) is 0 Å². The van der Waals surface area contributed by atoms with Gasteiger partial charge in [0.1, 0.15) is 11.0 Å². The van der Waals surface area contributed by atoms with Gasteiger partial charge in [0.25, 0.3) is 0 Å². The number of halogens is 3. The van der Waals surface area contributed by atoms with Gasteiger partial charge in [-0.15, -0.1) is 0 Å². The third-order valence-corrected chi connectivity index (χ3v) is 4.74. The van der Waals surface area contributed by atoms with E-state index >= 15 is 0 Å². The molecule has 110 valence electrons. The molecule has 0 aliphatic heterocycles. The van der Waals surface area contributed by atoms with Crippen molar-refractivity contribution in [1.82, 2.24) is 18.5 Å². The van der Waals surface area contributed by atoms with Crippen LogP contribution in [0.25, 0.3) is 11.0 Å². The summed E-state index contributed by atoms with van der Waals surface area (Å²) in [5.41, 5.74) is 3.66. The summed E-state index contributed by atoms with van der Waals surface area (Å²) in [6, 6.07) is 1.66. The fourth-order valence-corrected chi connectivity index (χ4v) is 3.49. The first kappa shape index (κ1) is 14.8. The van der Waals surface area contributed by atoms with E-state index in [0.717, 1.165) is 23.1 Å². The third-order valence-electron chi connectivity index (χ3n) is 3.14. The standard InChI is InChI=1S/C12H10Cl3N5S/c1-5-9(15)8(20(2)17-5)4-16-10-6(13)3-7(14)11-12(10)19-21-18-11/h3,16H,4H2,1-2H3. The van der Waals surface area contributed by atoms with Gasteiger partial charge in [-0.05, 0) is 13.0 Å². The van der Waals surface area contributed by atoms with Crippen LogP contribution < -0.4 is 5.32 Å². The summed E-state index contributed by atoms with van der Waals surface area (Å²) in [6.45, 7) is 2.34. The quantitative estimate of drug-likeness (QED) is 0.754. The van der Waals surface area contributed by atoms with Crippen molar-refractivity contribution in [3.63, 3.8) is 0 Å². The molecule has 0 aliphatic carbocycles. The van der Waals surface area contributed by atoms with E-state index in [1.54, 1.807) is 10.7 Å². The van der Waals surface area contributed by atoms with E-state index < -0.39 is 0 Å². The van der Waals surface area contributed by atoms with Gasteiger partial charge >= 0.3 is 0 Å². The summed E-state index contributed by atoms with van der Waals surface area (Å²) in [7, 11) is 1.85. The molecule has 0 spiro atoms. The topological polar surface area (TPSA) is 55.6 Å². The van der Waals surface area contributed by atoms with Crippen molar-refractivity contribution < 1.29 is 0 Å². The van der Waals surface area contributed by atoms with E-state index in [2.05, 4.69) is 19.2 Å². The lowest BCUT2D eigenvalue weighted by molar-refractivity contribution is 0.713. The van der Waals surface area contributed by atoms with Crippen LogP contribution in [0.1, 0.15) is 11.4 Å². The van der Waals surface area contributed by atoms with Crippen LogP contribution >= 0.6 is 46.5 Å². The predicted octanol–water partition coefficient (Wildman–Crippen LogP) is 4.31. The molecule has 1 N–H and O–H groups in total. The second-order valence-corrected chi connectivity index (χ2v) is 6.22. The first-order chi connectivity index (χ1) is 9.99. The second-order valence-electron chi connectivity index (χ2n) is 4.50. The number of aryl methyl sites for hydroxylation is 2. The lowest BCUT2D eigenvalue weighted by atomic mass is 10.2. The highest BCUT2D eigenvalue weighted by atomic mass is 35.5. The lowest BCUT2D eigenvalue weighted by Crippen LogP contribution is -2.06. The fraction of sp³-hybridized carbons (Fsp3) is 0.250. The summed E-state index contributed by atoms with van der Waals surface area (Å²) in [6.07, 6.45) is 0. The second kappa shape index (κ2) is 5.61. The van der Waals surface area contributed by atoms with E-state index in [1.807, 2.05) is 14.0 Å². The molecule has 2 aromatic heterocycles. The lowest BCUT2D eigenvalue weighted by Gasteiger charge is -2.10. The van der Waals surface area contributed by atoms with Gasteiger partial charge in [-0.1, -0.05) is 34.8 Å². The Morgan fingerprint density at radius 2 is 1.90 bits per heavy atom. The number of rotatable bonds is 3. The van der Waals surface area contributed by atoms with Crippen LogP contribution in [-0.4, -0.2) is 18.5 Å². The highest BCUT2D eigenvalue weighted by Gasteiger charge is 2.16. The van der Waals surface area contributed by atoms with Crippen molar-refractivity contribution in [2.75, 3.05) is 5.32 Å². The Bertz CT molecular complexity index is 826. The van der Waals surface area contributed by atoms with E-state index in [0.29, 0.717) is 38.3 Å².